The Hall–Kier alpha value is -1.30. The third-order valence-electron chi connectivity index (χ3n) is 3.20. The number of hydrogen-bond acceptors (Lipinski definition) is 4. The summed E-state index contributed by atoms with van der Waals surface area (Å²) in [4.78, 5) is 12.8. The number of nitrogens with two attached hydrogens (primary N) is 1. The summed E-state index contributed by atoms with van der Waals surface area (Å²) in [7, 11) is 0. The van der Waals surface area contributed by atoms with Crippen LogP contribution >= 0.6 is 11.6 Å². The Bertz CT molecular complexity index is 408. The molecule has 2 rings (SSSR count). The SMILES string of the molecule is CC(C)(C(=O)O)N1CCOCC1.Nc1ccc(Cl)cc1. The van der Waals surface area contributed by atoms with Gasteiger partial charge in [-0.05, 0) is 38.1 Å². The molecule has 3 N–H and O–H groups in total. The Labute approximate surface area is 124 Å². The minimum atomic E-state index is -0.774. The number of nitrogens with zero attached hydrogens (tertiary/aromatic N) is 1. The molecule has 6 heteroatoms. The van der Waals surface area contributed by atoms with Crippen LogP contribution in [0.4, 0.5) is 5.69 Å². The molecule has 1 heterocycles. The summed E-state index contributed by atoms with van der Waals surface area (Å²) in [6.07, 6.45) is 0. The van der Waals surface area contributed by atoms with E-state index < -0.39 is 11.5 Å². The van der Waals surface area contributed by atoms with Crippen molar-refractivity contribution in [2.75, 3.05) is 32.0 Å². The fourth-order valence-corrected chi connectivity index (χ4v) is 1.85. The summed E-state index contributed by atoms with van der Waals surface area (Å²) >= 11 is 5.56. The third kappa shape index (κ3) is 5.00. The van der Waals surface area contributed by atoms with Crippen molar-refractivity contribution in [2.45, 2.75) is 19.4 Å². The molecule has 0 radical (unpaired) electrons. The Morgan fingerprint density at radius 2 is 1.80 bits per heavy atom. The zero-order valence-electron chi connectivity index (χ0n) is 11.8. The summed E-state index contributed by atoms with van der Waals surface area (Å²) in [6.45, 7) is 6.13. The van der Waals surface area contributed by atoms with Gasteiger partial charge in [0.2, 0.25) is 0 Å². The van der Waals surface area contributed by atoms with E-state index in [1.54, 1.807) is 38.1 Å². The largest absolute Gasteiger partial charge is 0.480 e. The lowest BCUT2D eigenvalue weighted by Crippen LogP contribution is -2.54. The van der Waals surface area contributed by atoms with Crippen molar-refractivity contribution < 1.29 is 14.6 Å². The number of morpholine rings is 1. The minimum Gasteiger partial charge on any atom is -0.480 e. The van der Waals surface area contributed by atoms with Crippen LogP contribution in [0.2, 0.25) is 5.02 Å². The molecular weight excluding hydrogens is 280 g/mol. The normalized spacial score (nSPS) is 16.1. The van der Waals surface area contributed by atoms with Crippen LogP contribution in [0.5, 0.6) is 0 Å². The molecule has 1 aliphatic heterocycles. The van der Waals surface area contributed by atoms with Gasteiger partial charge in [0.05, 0.1) is 13.2 Å². The van der Waals surface area contributed by atoms with Crippen molar-refractivity contribution in [3.05, 3.63) is 29.3 Å². The Balaban J connectivity index is 0.000000217. The third-order valence-corrected chi connectivity index (χ3v) is 3.45. The van der Waals surface area contributed by atoms with E-state index in [1.807, 2.05) is 4.90 Å². The van der Waals surface area contributed by atoms with Gasteiger partial charge in [0.15, 0.2) is 0 Å². The molecule has 0 aliphatic carbocycles. The second-order valence-electron chi connectivity index (χ2n) is 5.02. The number of aliphatic carboxylic acids is 1. The van der Waals surface area contributed by atoms with Crippen LogP contribution in [-0.2, 0) is 9.53 Å². The highest BCUT2D eigenvalue weighted by Gasteiger charge is 2.35. The average Bonchev–Trinajstić information content (AvgIpc) is 2.43. The molecule has 5 nitrogen and oxygen atoms in total. The smallest absolute Gasteiger partial charge is 0.323 e. The Kier molecular flexibility index (Phi) is 6.26. The topological polar surface area (TPSA) is 75.8 Å². The second kappa shape index (κ2) is 7.47. The van der Waals surface area contributed by atoms with E-state index in [0.29, 0.717) is 26.3 Å². The summed E-state index contributed by atoms with van der Waals surface area (Å²) in [6, 6.07) is 7.05. The molecule has 0 bridgehead atoms. The van der Waals surface area contributed by atoms with Crippen LogP contribution in [0.15, 0.2) is 24.3 Å². The van der Waals surface area contributed by atoms with Gasteiger partial charge in [-0.25, -0.2) is 0 Å². The number of carbonyl (C=O) groups is 1. The minimum absolute atomic E-state index is 0.636. The van der Waals surface area contributed by atoms with Crippen LogP contribution in [0.3, 0.4) is 0 Å². The zero-order chi connectivity index (χ0) is 15.2. The molecule has 0 amide bonds. The lowest BCUT2D eigenvalue weighted by molar-refractivity contribution is -0.152. The maximum absolute atomic E-state index is 10.8. The molecule has 112 valence electrons. The number of ether oxygens (including phenoxy) is 1. The van der Waals surface area contributed by atoms with E-state index in [0.717, 1.165) is 10.7 Å². The lowest BCUT2D eigenvalue weighted by Gasteiger charge is -2.37. The maximum Gasteiger partial charge on any atom is 0.323 e. The first-order valence-electron chi connectivity index (χ1n) is 6.41. The van der Waals surface area contributed by atoms with Crippen molar-refractivity contribution in [1.29, 1.82) is 0 Å². The van der Waals surface area contributed by atoms with Crippen molar-refractivity contribution in [3.63, 3.8) is 0 Å². The molecule has 0 aromatic heterocycles. The number of anilines is 1. The predicted molar refractivity (Wildman–Crippen MR) is 80.0 cm³/mol. The lowest BCUT2D eigenvalue weighted by atomic mass is 10.0. The van der Waals surface area contributed by atoms with Gasteiger partial charge in [-0.2, -0.15) is 0 Å². The van der Waals surface area contributed by atoms with Crippen molar-refractivity contribution >= 4 is 23.3 Å². The van der Waals surface area contributed by atoms with Gasteiger partial charge in [0, 0.05) is 23.8 Å². The molecule has 1 aromatic rings. The van der Waals surface area contributed by atoms with E-state index in [1.165, 1.54) is 0 Å². The molecule has 1 saturated heterocycles. The number of carboxylic acid groups (broad SMARTS) is 1. The van der Waals surface area contributed by atoms with E-state index in [-0.39, 0.29) is 0 Å². The van der Waals surface area contributed by atoms with E-state index in [4.69, 9.17) is 27.2 Å². The monoisotopic (exact) mass is 300 g/mol. The maximum atomic E-state index is 10.8. The summed E-state index contributed by atoms with van der Waals surface area (Å²) < 4.78 is 5.14. The highest BCUT2D eigenvalue weighted by molar-refractivity contribution is 6.30. The summed E-state index contributed by atoms with van der Waals surface area (Å²) in [5.41, 5.74) is 5.35. The van der Waals surface area contributed by atoms with Gasteiger partial charge < -0.3 is 15.6 Å². The molecule has 20 heavy (non-hydrogen) atoms. The van der Waals surface area contributed by atoms with E-state index in [9.17, 15) is 4.79 Å². The van der Waals surface area contributed by atoms with Crippen LogP contribution in [-0.4, -0.2) is 47.8 Å². The second-order valence-corrected chi connectivity index (χ2v) is 5.45. The number of benzene rings is 1. The molecule has 0 saturated carbocycles. The number of rotatable bonds is 2. The zero-order valence-corrected chi connectivity index (χ0v) is 12.6. The number of carboxylic acids is 1. The average molecular weight is 301 g/mol. The molecular formula is C14H21ClN2O3. The van der Waals surface area contributed by atoms with Gasteiger partial charge in [0.1, 0.15) is 5.54 Å². The quantitative estimate of drug-likeness (QED) is 0.818. The van der Waals surface area contributed by atoms with E-state index >= 15 is 0 Å². The van der Waals surface area contributed by atoms with Crippen LogP contribution in [0.25, 0.3) is 0 Å². The summed E-state index contributed by atoms with van der Waals surface area (Å²) in [5, 5.41) is 9.63. The fraction of sp³-hybridized carbons (Fsp3) is 0.500. The molecule has 0 unspecified atom stereocenters. The highest BCUT2D eigenvalue weighted by Crippen LogP contribution is 2.15. The Morgan fingerprint density at radius 3 is 2.20 bits per heavy atom. The molecule has 1 fully saturated rings. The first-order valence-corrected chi connectivity index (χ1v) is 6.79. The predicted octanol–water partition coefficient (Wildman–Crippen LogP) is 2.10. The van der Waals surface area contributed by atoms with Gasteiger partial charge >= 0.3 is 5.97 Å². The standard InChI is InChI=1S/C8H15NO3.C6H6ClN/c1-8(2,7(10)11)9-3-5-12-6-4-9;7-5-1-3-6(8)4-2-5/h3-6H2,1-2H3,(H,10,11);1-4H,8H2. The van der Waals surface area contributed by atoms with Crippen molar-refractivity contribution in [3.8, 4) is 0 Å². The van der Waals surface area contributed by atoms with Gasteiger partial charge in [-0.15, -0.1) is 0 Å². The van der Waals surface area contributed by atoms with Crippen molar-refractivity contribution in [1.82, 2.24) is 4.90 Å². The number of nitrogen functional groups attached to an aromatic ring is 1. The first-order chi connectivity index (χ1) is 9.34. The highest BCUT2D eigenvalue weighted by atomic mass is 35.5. The molecule has 1 aromatic carbocycles. The molecule has 1 aliphatic rings. The molecule has 0 atom stereocenters. The van der Waals surface area contributed by atoms with Gasteiger partial charge in [-0.3, -0.25) is 9.69 Å². The Morgan fingerprint density at radius 1 is 1.30 bits per heavy atom. The van der Waals surface area contributed by atoms with E-state index in [2.05, 4.69) is 0 Å². The van der Waals surface area contributed by atoms with Gasteiger partial charge in [-0.1, -0.05) is 11.6 Å². The summed E-state index contributed by atoms with van der Waals surface area (Å²) in [5.74, 6) is -0.774. The van der Waals surface area contributed by atoms with Crippen LogP contribution in [0, 0.1) is 0 Å². The van der Waals surface area contributed by atoms with Crippen LogP contribution < -0.4 is 5.73 Å². The first kappa shape index (κ1) is 16.8. The number of hydrogen-bond donors (Lipinski definition) is 2. The van der Waals surface area contributed by atoms with Gasteiger partial charge in [0.25, 0.3) is 0 Å². The van der Waals surface area contributed by atoms with Crippen LogP contribution in [0.1, 0.15) is 13.8 Å². The molecule has 0 spiro atoms. The fourth-order valence-electron chi connectivity index (χ4n) is 1.72. The number of halogens is 1. The van der Waals surface area contributed by atoms with Crippen molar-refractivity contribution in [2.24, 2.45) is 0 Å².